The standard InChI is InChI=1S/C11H20N4S/c1-7(2)8(3)15(4)10-6-9(12)13-11(14-10)16-5/h6-8H,1-5H3,(H2,12,13,14). The maximum absolute atomic E-state index is 5.76. The van der Waals surface area contributed by atoms with Crippen LogP contribution in [0.25, 0.3) is 0 Å². The number of hydrogen-bond acceptors (Lipinski definition) is 5. The van der Waals surface area contributed by atoms with E-state index >= 15 is 0 Å². The molecule has 0 aliphatic heterocycles. The van der Waals surface area contributed by atoms with Gasteiger partial charge in [0.2, 0.25) is 0 Å². The Morgan fingerprint density at radius 2 is 1.94 bits per heavy atom. The second kappa shape index (κ2) is 5.39. The lowest BCUT2D eigenvalue weighted by molar-refractivity contribution is 0.501. The summed E-state index contributed by atoms with van der Waals surface area (Å²) < 4.78 is 0. The molecule has 1 rings (SSSR count). The summed E-state index contributed by atoms with van der Waals surface area (Å²) in [7, 11) is 2.04. The fourth-order valence-corrected chi connectivity index (χ4v) is 1.74. The molecule has 1 aromatic rings. The molecule has 2 N–H and O–H groups in total. The molecule has 0 radical (unpaired) electrons. The Hall–Kier alpha value is -0.970. The maximum atomic E-state index is 5.76. The van der Waals surface area contributed by atoms with Gasteiger partial charge in [0.1, 0.15) is 11.6 Å². The molecule has 0 fully saturated rings. The smallest absolute Gasteiger partial charge is 0.191 e. The van der Waals surface area contributed by atoms with Gasteiger partial charge in [0.25, 0.3) is 0 Å². The van der Waals surface area contributed by atoms with Crippen LogP contribution in [-0.2, 0) is 0 Å². The highest BCUT2D eigenvalue weighted by molar-refractivity contribution is 7.98. The largest absolute Gasteiger partial charge is 0.383 e. The summed E-state index contributed by atoms with van der Waals surface area (Å²) in [4.78, 5) is 10.7. The lowest BCUT2D eigenvalue weighted by Gasteiger charge is -2.29. The molecular weight excluding hydrogens is 220 g/mol. The van der Waals surface area contributed by atoms with Gasteiger partial charge in [-0.2, -0.15) is 0 Å². The first-order valence-corrected chi connectivity index (χ1v) is 6.59. The Bertz CT molecular complexity index is 354. The van der Waals surface area contributed by atoms with Gasteiger partial charge in [-0.15, -0.1) is 0 Å². The summed E-state index contributed by atoms with van der Waals surface area (Å²) >= 11 is 1.51. The fraction of sp³-hybridized carbons (Fsp3) is 0.636. The van der Waals surface area contributed by atoms with Crippen LogP contribution in [0.1, 0.15) is 20.8 Å². The third-order valence-corrected chi connectivity index (χ3v) is 3.38. The molecule has 90 valence electrons. The molecule has 1 heterocycles. The van der Waals surface area contributed by atoms with E-state index in [4.69, 9.17) is 5.73 Å². The van der Waals surface area contributed by atoms with E-state index in [-0.39, 0.29) is 0 Å². The van der Waals surface area contributed by atoms with Crippen LogP contribution in [0.3, 0.4) is 0 Å². The van der Waals surface area contributed by atoms with Crippen LogP contribution in [0.4, 0.5) is 11.6 Å². The minimum Gasteiger partial charge on any atom is -0.383 e. The van der Waals surface area contributed by atoms with E-state index in [0.717, 1.165) is 11.0 Å². The van der Waals surface area contributed by atoms with E-state index in [9.17, 15) is 0 Å². The number of aromatic nitrogens is 2. The van der Waals surface area contributed by atoms with Crippen molar-refractivity contribution in [1.29, 1.82) is 0 Å². The zero-order valence-corrected chi connectivity index (χ0v) is 11.4. The Labute approximate surface area is 102 Å². The van der Waals surface area contributed by atoms with Gasteiger partial charge in [-0.1, -0.05) is 25.6 Å². The summed E-state index contributed by atoms with van der Waals surface area (Å²) in [5.41, 5.74) is 5.76. The monoisotopic (exact) mass is 240 g/mol. The Balaban J connectivity index is 2.98. The first kappa shape index (κ1) is 13.1. The Morgan fingerprint density at radius 1 is 1.31 bits per heavy atom. The number of nitrogens with two attached hydrogens (primary N) is 1. The molecule has 0 saturated carbocycles. The van der Waals surface area contributed by atoms with Crippen molar-refractivity contribution in [2.45, 2.75) is 32.0 Å². The maximum Gasteiger partial charge on any atom is 0.191 e. The molecule has 16 heavy (non-hydrogen) atoms. The summed E-state index contributed by atoms with van der Waals surface area (Å²) in [5.74, 6) is 1.98. The number of hydrogen-bond donors (Lipinski definition) is 1. The topological polar surface area (TPSA) is 55.0 Å². The molecule has 0 bridgehead atoms. The van der Waals surface area contributed by atoms with Crippen molar-refractivity contribution in [3.05, 3.63) is 6.07 Å². The van der Waals surface area contributed by atoms with Crippen molar-refractivity contribution in [3.8, 4) is 0 Å². The van der Waals surface area contributed by atoms with Gasteiger partial charge in [0.15, 0.2) is 5.16 Å². The van der Waals surface area contributed by atoms with Crippen molar-refractivity contribution in [1.82, 2.24) is 9.97 Å². The van der Waals surface area contributed by atoms with Crippen LogP contribution in [0.15, 0.2) is 11.2 Å². The van der Waals surface area contributed by atoms with Crippen molar-refractivity contribution in [2.75, 3.05) is 23.9 Å². The van der Waals surface area contributed by atoms with E-state index in [1.807, 2.05) is 19.4 Å². The van der Waals surface area contributed by atoms with Gasteiger partial charge in [0, 0.05) is 19.2 Å². The summed E-state index contributed by atoms with van der Waals surface area (Å²) in [6, 6.07) is 2.24. The lowest BCUT2D eigenvalue weighted by Crippen LogP contribution is -2.33. The van der Waals surface area contributed by atoms with E-state index in [1.54, 1.807) is 0 Å². The number of anilines is 2. The molecule has 0 spiro atoms. The zero-order chi connectivity index (χ0) is 12.3. The number of rotatable bonds is 4. The van der Waals surface area contributed by atoms with Crippen molar-refractivity contribution < 1.29 is 0 Å². The molecule has 0 aliphatic carbocycles. The molecule has 1 aromatic heterocycles. The number of thioether (sulfide) groups is 1. The van der Waals surface area contributed by atoms with E-state index in [1.165, 1.54) is 11.8 Å². The van der Waals surface area contributed by atoms with Crippen molar-refractivity contribution >= 4 is 23.4 Å². The van der Waals surface area contributed by atoms with Gasteiger partial charge >= 0.3 is 0 Å². The average Bonchev–Trinajstić information content (AvgIpc) is 2.25. The number of nitrogens with zero attached hydrogens (tertiary/aromatic N) is 3. The van der Waals surface area contributed by atoms with Gasteiger partial charge in [0.05, 0.1) is 0 Å². The molecule has 0 amide bonds. The SMILES string of the molecule is CSc1nc(N)cc(N(C)C(C)C(C)C)n1. The van der Waals surface area contributed by atoms with Crippen LogP contribution in [0.2, 0.25) is 0 Å². The number of nitrogen functional groups attached to an aromatic ring is 1. The molecule has 0 aliphatic rings. The average molecular weight is 240 g/mol. The molecular formula is C11H20N4S. The van der Waals surface area contributed by atoms with Gasteiger partial charge < -0.3 is 10.6 Å². The van der Waals surface area contributed by atoms with Crippen LogP contribution < -0.4 is 10.6 Å². The molecule has 1 unspecified atom stereocenters. The fourth-order valence-electron chi connectivity index (χ4n) is 1.36. The zero-order valence-electron chi connectivity index (χ0n) is 10.6. The van der Waals surface area contributed by atoms with Gasteiger partial charge in [-0.05, 0) is 19.1 Å². The summed E-state index contributed by atoms with van der Waals surface area (Å²) in [6.07, 6.45) is 1.95. The van der Waals surface area contributed by atoms with Crippen molar-refractivity contribution in [3.63, 3.8) is 0 Å². The molecule has 1 atom stereocenters. The van der Waals surface area contributed by atoms with E-state index in [0.29, 0.717) is 17.8 Å². The predicted octanol–water partition coefficient (Wildman–Crippen LogP) is 2.26. The lowest BCUT2D eigenvalue weighted by atomic mass is 10.1. The van der Waals surface area contributed by atoms with Crippen molar-refractivity contribution in [2.24, 2.45) is 5.92 Å². The van der Waals surface area contributed by atoms with Crippen LogP contribution in [0, 0.1) is 5.92 Å². The third-order valence-electron chi connectivity index (χ3n) is 2.83. The van der Waals surface area contributed by atoms with E-state index < -0.39 is 0 Å². The predicted molar refractivity (Wildman–Crippen MR) is 70.9 cm³/mol. The second-order valence-electron chi connectivity index (χ2n) is 4.23. The highest BCUT2D eigenvalue weighted by Gasteiger charge is 2.15. The Kier molecular flexibility index (Phi) is 4.41. The second-order valence-corrected chi connectivity index (χ2v) is 5.01. The quantitative estimate of drug-likeness (QED) is 0.646. The normalized spacial score (nSPS) is 12.9. The minimum absolute atomic E-state index is 0.420. The third kappa shape index (κ3) is 3.01. The first-order valence-electron chi connectivity index (χ1n) is 5.37. The highest BCUT2D eigenvalue weighted by atomic mass is 32.2. The van der Waals surface area contributed by atoms with Gasteiger partial charge in [-0.25, -0.2) is 9.97 Å². The summed E-state index contributed by atoms with van der Waals surface area (Å²) in [5, 5.41) is 0.720. The minimum atomic E-state index is 0.420. The van der Waals surface area contributed by atoms with Crippen LogP contribution >= 0.6 is 11.8 Å². The Morgan fingerprint density at radius 3 is 2.44 bits per heavy atom. The molecule has 0 saturated heterocycles. The van der Waals surface area contributed by atoms with Gasteiger partial charge in [-0.3, -0.25) is 0 Å². The molecule has 5 heteroatoms. The summed E-state index contributed by atoms with van der Waals surface area (Å²) in [6.45, 7) is 6.57. The molecule has 0 aromatic carbocycles. The van der Waals surface area contributed by atoms with E-state index in [2.05, 4.69) is 35.6 Å². The first-order chi connectivity index (χ1) is 7.45. The van der Waals surface area contributed by atoms with Crippen LogP contribution in [-0.4, -0.2) is 29.3 Å². The highest BCUT2D eigenvalue weighted by Crippen LogP contribution is 2.21. The van der Waals surface area contributed by atoms with Crippen LogP contribution in [0.5, 0.6) is 0 Å². The molecule has 4 nitrogen and oxygen atoms in total.